The van der Waals surface area contributed by atoms with E-state index in [0.29, 0.717) is 54.6 Å². The molecule has 30 nitrogen and oxygen atoms in total. The number of aliphatic hydroxyl groups is 1. The number of esters is 2. The van der Waals surface area contributed by atoms with E-state index in [2.05, 4.69) is 81.5 Å². The molecule has 8 aliphatic rings. The maximum atomic E-state index is 13.5. The van der Waals surface area contributed by atoms with Crippen molar-refractivity contribution < 1.29 is 114 Å². The number of hydrogen-bond donors (Lipinski definition) is 5. The van der Waals surface area contributed by atoms with Gasteiger partial charge in [-0.05, 0) is 89.5 Å². The average Bonchev–Trinajstić information content (AvgIpc) is 1.75. The summed E-state index contributed by atoms with van der Waals surface area (Å²) in [7, 11) is 0. The third-order valence-corrected chi connectivity index (χ3v) is 20.8. The van der Waals surface area contributed by atoms with Crippen LogP contribution in [0.4, 0.5) is 89.1 Å². The van der Waals surface area contributed by atoms with Crippen molar-refractivity contribution >= 4 is 41.0 Å². The second-order valence-corrected chi connectivity index (χ2v) is 30.9. The van der Waals surface area contributed by atoms with Crippen molar-refractivity contribution in [3.05, 3.63) is 96.1 Å². The van der Waals surface area contributed by atoms with Crippen LogP contribution >= 0.6 is 0 Å². The number of alkyl halides is 15. The number of nitrogens with zero attached hydrogens (tertiary/aromatic N) is 16. The second-order valence-electron chi connectivity index (χ2n) is 30.9. The van der Waals surface area contributed by atoms with Gasteiger partial charge in [0.15, 0.2) is 11.4 Å². The van der Waals surface area contributed by atoms with Gasteiger partial charge in [0.1, 0.15) is 60.1 Å². The van der Waals surface area contributed by atoms with Gasteiger partial charge in [0.25, 0.3) is 41.6 Å². The predicted molar refractivity (Wildman–Crippen MR) is 397 cm³/mol. The summed E-state index contributed by atoms with van der Waals surface area (Å²) >= 11 is 0. The lowest BCUT2D eigenvalue weighted by Gasteiger charge is -2.34. The van der Waals surface area contributed by atoms with E-state index in [1.54, 1.807) is 32.2 Å². The molecule has 5 N–H and O–H groups in total. The first-order chi connectivity index (χ1) is 57.4. The van der Waals surface area contributed by atoms with Gasteiger partial charge in [0, 0.05) is 176 Å². The molecule has 0 unspecified atom stereocenters. The molecular weight excluding hydrogens is 1640 g/mol. The molecule has 0 bridgehead atoms. The molecule has 16 rings (SSSR count). The Balaban J connectivity index is 0.000000139. The van der Waals surface area contributed by atoms with Crippen LogP contribution in [0.3, 0.4) is 0 Å². The van der Waals surface area contributed by atoms with Gasteiger partial charge in [-0.25, -0.2) is 94.2 Å². The summed E-state index contributed by atoms with van der Waals surface area (Å²) in [5.41, 5.74) is 0.736. The minimum atomic E-state index is -2.76. The van der Waals surface area contributed by atoms with Crippen molar-refractivity contribution in [2.24, 2.45) is 0 Å². The van der Waals surface area contributed by atoms with Crippen molar-refractivity contribution in [3.63, 3.8) is 0 Å². The van der Waals surface area contributed by atoms with Crippen LogP contribution in [0.25, 0.3) is 23.8 Å². The van der Waals surface area contributed by atoms with Crippen molar-refractivity contribution in [1.82, 2.24) is 79.0 Å². The molecule has 45 heteroatoms. The normalized spacial score (nSPS) is 20.6. The molecule has 8 fully saturated rings. The number of carbonyl (C=O) groups is 3. The zero-order chi connectivity index (χ0) is 86.2. The number of aromatic nitrogens is 16. The molecule has 8 heterocycles. The Morgan fingerprint density at radius 2 is 0.653 bits per heavy atom. The first-order valence-electron chi connectivity index (χ1n) is 39.5. The zero-order valence-corrected chi connectivity index (χ0v) is 65.3. The van der Waals surface area contributed by atoms with Gasteiger partial charge < -0.3 is 54.8 Å². The topological polar surface area (TPSA) is 349 Å². The zero-order valence-electron chi connectivity index (χ0n) is 65.3. The molecule has 0 atom stereocenters. The lowest BCUT2D eigenvalue weighted by Crippen LogP contribution is -2.43. The lowest BCUT2D eigenvalue weighted by molar-refractivity contribution is -0.136. The number of ether oxygens (including phenoxy) is 6. The second kappa shape index (κ2) is 36.8. The summed E-state index contributed by atoms with van der Waals surface area (Å²) in [4.78, 5) is 69.4. The number of anilines is 4. The number of Topliss-reactive ketones (excluding diaryl/α,β-unsaturated/α-hetero) is 1. The molecule has 0 aliphatic heterocycles. The van der Waals surface area contributed by atoms with Gasteiger partial charge in [-0.15, -0.1) is 0 Å². The van der Waals surface area contributed by atoms with Crippen LogP contribution in [0.15, 0.2) is 73.3 Å². The van der Waals surface area contributed by atoms with Gasteiger partial charge in [0.2, 0.25) is 47.2 Å². The first kappa shape index (κ1) is 87.9. The van der Waals surface area contributed by atoms with E-state index >= 15 is 0 Å². The highest BCUT2D eigenvalue weighted by Gasteiger charge is 2.50. The molecule has 8 aromatic rings. The van der Waals surface area contributed by atoms with Crippen LogP contribution in [0.1, 0.15) is 200 Å². The largest absolute Gasteiger partial charge is 0.474 e. The third-order valence-electron chi connectivity index (χ3n) is 20.8. The van der Waals surface area contributed by atoms with Crippen molar-refractivity contribution in [3.8, 4) is 47.3 Å². The minimum absolute atomic E-state index is 0.0350. The summed E-state index contributed by atoms with van der Waals surface area (Å²) < 4.78 is 236. The smallest absolute Gasteiger partial charge is 0.358 e. The summed E-state index contributed by atoms with van der Waals surface area (Å²) in [6, 6.07) is 11.1. The van der Waals surface area contributed by atoms with Crippen LogP contribution in [-0.4, -0.2) is 205 Å². The quantitative estimate of drug-likeness (QED) is 0.0248. The van der Waals surface area contributed by atoms with E-state index in [1.807, 2.05) is 0 Å². The van der Waals surface area contributed by atoms with Crippen LogP contribution in [0.2, 0.25) is 0 Å². The van der Waals surface area contributed by atoms with E-state index in [-0.39, 0.29) is 223 Å². The third kappa shape index (κ3) is 24.7. The molecule has 121 heavy (non-hydrogen) atoms. The monoisotopic (exact) mass is 1720 g/mol. The lowest BCUT2D eigenvalue weighted by atomic mass is 9.91. The predicted octanol–water partition coefficient (Wildman–Crippen LogP) is 14.6. The summed E-state index contributed by atoms with van der Waals surface area (Å²) in [6.07, 6.45) is 2.50. The fourth-order valence-corrected chi connectivity index (χ4v) is 14.1. The van der Waals surface area contributed by atoms with Gasteiger partial charge in [-0.3, -0.25) is 4.79 Å². The highest BCUT2D eigenvalue weighted by molar-refractivity contribution is 5.87. The summed E-state index contributed by atoms with van der Waals surface area (Å²) in [6.45, 7) is 2.75. The number of aliphatic hydroxyl groups excluding tert-OH is 1. The number of rotatable bonds is 26. The van der Waals surface area contributed by atoms with Gasteiger partial charge in [-0.2, -0.15) is 60.3 Å². The Labute approximate surface area is 680 Å². The van der Waals surface area contributed by atoms with Crippen LogP contribution in [-0.2, 0) is 27.5 Å². The van der Waals surface area contributed by atoms with E-state index in [1.165, 1.54) is 73.7 Å². The molecule has 0 radical (unpaired) electrons. The van der Waals surface area contributed by atoms with E-state index < -0.39 is 104 Å². The molecule has 0 aromatic carbocycles. The molecule has 656 valence electrons. The minimum Gasteiger partial charge on any atom is -0.474 e. The number of nitrogens with one attached hydrogen (secondary N) is 4. The van der Waals surface area contributed by atoms with Crippen molar-refractivity contribution in [2.45, 2.75) is 271 Å². The summed E-state index contributed by atoms with van der Waals surface area (Å²) in [5.74, 6) is -17.7. The highest BCUT2D eigenvalue weighted by atomic mass is 19.3. The Morgan fingerprint density at radius 3 is 0.901 bits per heavy atom. The van der Waals surface area contributed by atoms with Gasteiger partial charge in [0.05, 0.1) is 31.2 Å². The SMILES string of the molecule is CCOC(=O)c1ccn(-c2nc(NC3CCC(F)(F)CC3)cc(OC3CC(=O)C3)n2)n1.CCOC(=O)c1ccn(-c2nc(NC3CCC(F)(F)CC3)cc(OC3CC(F)(F)C3)n2)n1.FCc1ccn(-c2nc(NC3CCC(F)(F)CC3)cc(OC3CC(F)(F)C3)n2)n1.OCc1ccn(-c2nc(NC3CCC(F)(F)CC3)cc(OC3CC(F)(F)C3)n2)n1. The number of ketones is 1. The Bertz CT molecular complexity index is 4690. The molecule has 0 amide bonds. The van der Waals surface area contributed by atoms with E-state index in [4.69, 9.17) is 28.4 Å². The molecule has 8 aliphatic carbocycles. The number of hydrogen-bond acceptors (Lipinski definition) is 26. The van der Waals surface area contributed by atoms with Gasteiger partial charge in [-0.1, -0.05) is 0 Å². The van der Waals surface area contributed by atoms with Crippen LogP contribution in [0, 0.1) is 0 Å². The van der Waals surface area contributed by atoms with E-state index in [9.17, 15) is 85.3 Å². The summed E-state index contributed by atoms with van der Waals surface area (Å²) in [5, 5.41) is 38.0. The molecule has 8 aromatic heterocycles. The Kier molecular flexibility index (Phi) is 26.7. The molecule has 0 saturated heterocycles. The van der Waals surface area contributed by atoms with Crippen LogP contribution in [0.5, 0.6) is 23.5 Å². The first-order valence-corrected chi connectivity index (χ1v) is 39.5. The average molecular weight is 1730 g/mol. The van der Waals surface area contributed by atoms with Gasteiger partial charge >= 0.3 is 11.9 Å². The maximum absolute atomic E-state index is 13.5. The molecule has 0 spiro atoms. The van der Waals surface area contributed by atoms with Crippen LogP contribution < -0.4 is 40.2 Å². The standard InChI is InChI=1S/C20H23F4N5O3.C20H23F2N5O4.C18H20F5N5O.C18H21F4N5O2/c1-2-31-17(30)14-5-8-29(28-14)18-26-15(25-12-3-6-19(21,22)7-4-12)9-16(27-18)32-13-10-20(23,24)11-13;1-2-30-18(29)15-5-8-27(26-15)19-24-16(23-12-3-6-20(21,22)7-4-12)11-17(25-19)31-14-9-13(28)10-14;19-10-12-3-6-28(27-12)16-25-14(24-11-1-4-17(20,21)5-2-11)7-15(26-16)29-13-8-18(22,23)9-13;19-17(20)4-1-11(2-5-17)23-14-7-15(29-13-8-18(21,22)9-13)25-16(24-14)27-6-3-12(10-28)26-27/h5,8-9,12-13H,2-4,6-7,10-11H2,1H3,(H,25,26,27);5,8,11-12,14H,2-4,6-7,9-10H2,1H3,(H,23,24,25);3,6-7,11,13H,1-2,4-5,8-10H2,(H,24,25,26);3,6-7,11,13,28H,1-2,4-5,8-10H2,(H,23,24,25). The van der Waals surface area contributed by atoms with E-state index in [0.717, 1.165) is 0 Å². The fourth-order valence-electron chi connectivity index (χ4n) is 14.1. The Hall–Kier alpha value is -10.9. The molecular formula is C76H87F15N20O10. The van der Waals surface area contributed by atoms with Crippen molar-refractivity contribution in [2.75, 3.05) is 34.5 Å². The highest BCUT2D eigenvalue weighted by Crippen LogP contribution is 2.45. The Morgan fingerprint density at radius 1 is 0.388 bits per heavy atom. The molecule has 8 saturated carbocycles. The number of halogens is 15. The number of carbonyl (C=O) groups excluding carboxylic acids is 3. The van der Waals surface area contributed by atoms with Crippen molar-refractivity contribution in [1.29, 1.82) is 0 Å². The fraction of sp³-hybridized carbons (Fsp3) is 0.592. The maximum Gasteiger partial charge on any atom is 0.358 e.